The van der Waals surface area contributed by atoms with Crippen molar-refractivity contribution in [1.29, 1.82) is 0 Å². The van der Waals surface area contributed by atoms with E-state index in [2.05, 4.69) is 20.3 Å². The number of alkyl halides is 5. The smallest absolute Gasteiger partial charge is 0.424 e. The number of ether oxygens (including phenoxy) is 1. The van der Waals surface area contributed by atoms with Gasteiger partial charge in [-0.25, -0.2) is 4.68 Å². The highest BCUT2D eigenvalue weighted by Gasteiger charge is 2.58. The second-order valence-electron chi connectivity index (χ2n) is 9.20. The molecule has 2 bridgehead atoms. The van der Waals surface area contributed by atoms with Gasteiger partial charge in [-0.1, -0.05) is 22.8 Å². The van der Waals surface area contributed by atoms with Crippen LogP contribution < -0.4 is 9.64 Å². The number of benzene rings is 1. The third-order valence-corrected chi connectivity index (χ3v) is 6.92. The maximum absolute atomic E-state index is 13.9. The van der Waals surface area contributed by atoms with E-state index in [9.17, 15) is 22.0 Å². The van der Waals surface area contributed by atoms with Crippen molar-refractivity contribution in [1.82, 2.24) is 25.0 Å². The Morgan fingerprint density at radius 3 is 2.44 bits per heavy atom. The Balaban J connectivity index is 1.37. The van der Waals surface area contributed by atoms with Gasteiger partial charge in [-0.2, -0.15) is 32.0 Å². The molecule has 3 aromatic rings. The van der Waals surface area contributed by atoms with Crippen LogP contribution in [-0.2, 0) is 13.0 Å². The second-order valence-corrected chi connectivity index (χ2v) is 9.64. The molecule has 3 heterocycles. The Morgan fingerprint density at radius 1 is 1.11 bits per heavy atom. The first-order valence-electron chi connectivity index (χ1n) is 11.4. The van der Waals surface area contributed by atoms with Crippen LogP contribution in [0.1, 0.15) is 24.6 Å². The van der Waals surface area contributed by atoms with Crippen molar-refractivity contribution in [2.45, 2.75) is 44.8 Å². The summed E-state index contributed by atoms with van der Waals surface area (Å²) >= 11 is 5.94. The van der Waals surface area contributed by atoms with E-state index in [1.165, 1.54) is 12.1 Å². The Bertz CT molecular complexity index is 1220. The first-order valence-corrected chi connectivity index (χ1v) is 11.7. The fourth-order valence-corrected chi connectivity index (χ4v) is 5.18. The van der Waals surface area contributed by atoms with Crippen molar-refractivity contribution in [2.24, 2.45) is 17.8 Å². The minimum absolute atomic E-state index is 0.128. The van der Waals surface area contributed by atoms with Crippen LogP contribution in [0, 0.1) is 24.7 Å². The molecule has 5 rings (SSSR count). The highest BCUT2D eigenvalue weighted by atomic mass is 35.5. The molecule has 2 fully saturated rings. The van der Waals surface area contributed by atoms with Crippen LogP contribution in [0.15, 0.2) is 28.7 Å². The Kier molecular flexibility index (Phi) is 6.29. The molecule has 1 saturated carbocycles. The SMILES string of the molecule is Cc1nnc(N2CC3CCC(C2)C3Cc2nc(Oc3cccc(Cl)c3)n(CC(F)(F)C(F)(F)F)n2)o1. The lowest BCUT2D eigenvalue weighted by molar-refractivity contribution is -0.287. The largest absolute Gasteiger partial charge is 0.455 e. The van der Waals surface area contributed by atoms with Gasteiger partial charge in [0.2, 0.25) is 5.89 Å². The highest BCUT2D eigenvalue weighted by molar-refractivity contribution is 6.30. The molecule has 2 aliphatic rings. The van der Waals surface area contributed by atoms with E-state index < -0.39 is 24.7 Å². The monoisotopic (exact) mass is 532 g/mol. The predicted octanol–water partition coefficient (Wildman–Crippen LogP) is 5.32. The third kappa shape index (κ3) is 4.97. The number of hydrogen-bond donors (Lipinski definition) is 0. The van der Waals surface area contributed by atoms with Gasteiger partial charge in [0.25, 0.3) is 0 Å². The molecular formula is C22H22ClF5N6O2. The Morgan fingerprint density at radius 2 is 1.83 bits per heavy atom. The van der Waals surface area contributed by atoms with Crippen LogP contribution >= 0.6 is 11.6 Å². The summed E-state index contributed by atoms with van der Waals surface area (Å²) in [7, 11) is 0. The lowest BCUT2D eigenvalue weighted by Gasteiger charge is -2.36. The summed E-state index contributed by atoms with van der Waals surface area (Å²) in [5.74, 6) is -3.67. The lowest BCUT2D eigenvalue weighted by atomic mass is 9.82. The molecule has 1 saturated heterocycles. The molecule has 2 atom stereocenters. The summed E-state index contributed by atoms with van der Waals surface area (Å²) in [5, 5.41) is 12.3. The average molecular weight is 533 g/mol. The van der Waals surface area contributed by atoms with E-state index in [1.54, 1.807) is 19.1 Å². The number of aryl methyl sites for hydroxylation is 1. The van der Waals surface area contributed by atoms with Gasteiger partial charge in [0.15, 0.2) is 5.82 Å². The maximum Gasteiger partial charge on any atom is 0.455 e. The van der Waals surface area contributed by atoms with E-state index in [0.29, 0.717) is 41.1 Å². The van der Waals surface area contributed by atoms with Gasteiger partial charge in [0, 0.05) is 31.5 Å². The number of nitrogens with zero attached hydrogens (tertiary/aromatic N) is 6. The summed E-state index contributed by atoms with van der Waals surface area (Å²) in [6, 6.07) is 6.01. The molecule has 1 aliphatic heterocycles. The summed E-state index contributed by atoms with van der Waals surface area (Å²) in [4.78, 5) is 6.23. The molecule has 0 amide bonds. The molecule has 14 heteroatoms. The summed E-state index contributed by atoms with van der Waals surface area (Å²) in [5.41, 5.74) is 0. The summed E-state index contributed by atoms with van der Waals surface area (Å²) in [6.45, 7) is 1.30. The van der Waals surface area contributed by atoms with Crippen molar-refractivity contribution in [3.8, 4) is 11.8 Å². The molecule has 0 N–H and O–H groups in total. The number of piperidine rings is 1. The second kappa shape index (κ2) is 9.16. The number of aromatic nitrogens is 5. The Hall–Kier alpha value is -2.96. The zero-order valence-electron chi connectivity index (χ0n) is 19.1. The number of hydrogen-bond acceptors (Lipinski definition) is 7. The minimum Gasteiger partial charge on any atom is -0.424 e. The van der Waals surface area contributed by atoms with Crippen LogP contribution in [0.25, 0.3) is 0 Å². The number of fused-ring (bicyclic) bond motifs is 2. The first kappa shape index (κ1) is 24.7. The van der Waals surface area contributed by atoms with Crippen LogP contribution in [0.2, 0.25) is 5.02 Å². The minimum atomic E-state index is -5.74. The standard InChI is InChI=1S/C22H22ClF5N6O2/c1-12-30-31-20(35-12)33-9-13-5-6-14(10-33)17(13)8-18-29-19(36-16-4-2-3-15(23)7-16)34(32-18)11-21(24,25)22(26,27)28/h2-4,7,13-14,17H,5-6,8-11H2,1H3. The normalized spacial score (nSPS) is 22.3. The van der Waals surface area contributed by atoms with Gasteiger partial charge in [0.05, 0.1) is 0 Å². The third-order valence-electron chi connectivity index (χ3n) is 6.68. The number of halogens is 6. The molecule has 36 heavy (non-hydrogen) atoms. The summed E-state index contributed by atoms with van der Waals surface area (Å²) < 4.78 is 78.1. The molecule has 194 valence electrons. The van der Waals surface area contributed by atoms with E-state index in [0.717, 1.165) is 12.8 Å². The molecule has 0 radical (unpaired) electrons. The zero-order valence-corrected chi connectivity index (χ0v) is 19.8. The number of anilines is 1. The van der Waals surface area contributed by atoms with E-state index in [4.69, 9.17) is 20.8 Å². The fourth-order valence-electron chi connectivity index (χ4n) is 5.00. The van der Waals surface area contributed by atoms with E-state index in [1.807, 2.05) is 4.90 Å². The number of rotatable bonds is 7. The van der Waals surface area contributed by atoms with Gasteiger partial charge >= 0.3 is 24.1 Å². The van der Waals surface area contributed by atoms with Gasteiger partial charge in [-0.3, -0.25) is 0 Å². The summed E-state index contributed by atoms with van der Waals surface area (Å²) in [6.07, 6.45) is -3.54. The zero-order chi connectivity index (χ0) is 25.7. The molecular weight excluding hydrogens is 511 g/mol. The molecule has 1 aliphatic carbocycles. The van der Waals surface area contributed by atoms with Crippen LogP contribution in [0.4, 0.5) is 28.0 Å². The topological polar surface area (TPSA) is 82.1 Å². The van der Waals surface area contributed by atoms with Crippen LogP contribution in [-0.4, -0.2) is 50.2 Å². The van der Waals surface area contributed by atoms with Gasteiger partial charge < -0.3 is 14.1 Å². The maximum atomic E-state index is 13.9. The Labute approximate surface area is 207 Å². The van der Waals surface area contributed by atoms with Crippen molar-refractivity contribution in [3.63, 3.8) is 0 Å². The average Bonchev–Trinajstić information content (AvgIpc) is 3.43. The predicted molar refractivity (Wildman–Crippen MR) is 117 cm³/mol. The van der Waals surface area contributed by atoms with E-state index in [-0.39, 0.29) is 29.3 Å². The molecule has 8 nitrogen and oxygen atoms in total. The van der Waals surface area contributed by atoms with Gasteiger partial charge in [-0.15, -0.1) is 5.10 Å². The fraction of sp³-hybridized carbons (Fsp3) is 0.545. The van der Waals surface area contributed by atoms with Crippen LogP contribution in [0.5, 0.6) is 11.8 Å². The van der Waals surface area contributed by atoms with Crippen LogP contribution in [0.3, 0.4) is 0 Å². The van der Waals surface area contributed by atoms with Crippen molar-refractivity contribution in [2.75, 3.05) is 18.0 Å². The molecule has 2 aromatic heterocycles. The molecule has 0 spiro atoms. The van der Waals surface area contributed by atoms with Crippen molar-refractivity contribution < 1.29 is 31.1 Å². The van der Waals surface area contributed by atoms with Gasteiger partial charge in [0.1, 0.15) is 12.3 Å². The lowest BCUT2D eigenvalue weighted by Crippen LogP contribution is -2.43. The molecule has 2 unspecified atom stereocenters. The van der Waals surface area contributed by atoms with E-state index >= 15 is 0 Å². The highest BCUT2D eigenvalue weighted by Crippen LogP contribution is 2.44. The van der Waals surface area contributed by atoms with Crippen molar-refractivity contribution in [3.05, 3.63) is 41.0 Å². The first-order chi connectivity index (χ1) is 17.0. The van der Waals surface area contributed by atoms with Crippen molar-refractivity contribution >= 4 is 17.6 Å². The molecule has 1 aromatic carbocycles. The van der Waals surface area contributed by atoms with Gasteiger partial charge in [-0.05, 0) is 48.8 Å². The quantitative estimate of drug-likeness (QED) is 0.381.